The van der Waals surface area contributed by atoms with Gasteiger partial charge in [0, 0.05) is 36.1 Å². The molecule has 0 radical (unpaired) electrons. The third-order valence-electron chi connectivity index (χ3n) is 6.58. The molecule has 9 heteroatoms. The van der Waals surface area contributed by atoms with E-state index < -0.39 is 23.5 Å². The zero-order valence-electron chi connectivity index (χ0n) is 20.1. The fourth-order valence-electron chi connectivity index (χ4n) is 4.93. The summed E-state index contributed by atoms with van der Waals surface area (Å²) in [6, 6.07) is 6.40. The zero-order valence-corrected chi connectivity index (χ0v) is 20.1. The predicted octanol–water partition coefficient (Wildman–Crippen LogP) is 5.11. The minimum atomic E-state index is -1.54. The first kappa shape index (κ1) is 24.5. The molecule has 184 valence electrons. The van der Waals surface area contributed by atoms with Crippen LogP contribution in [0.25, 0.3) is 11.3 Å². The number of carbonyl (C=O) groups excluding carboxylic acids is 1. The molecule has 1 aromatic carbocycles. The molecule has 2 aromatic heterocycles. The van der Waals surface area contributed by atoms with Gasteiger partial charge >= 0.3 is 0 Å². The Kier molecular flexibility index (Phi) is 6.69. The zero-order chi connectivity index (χ0) is 25.4. The normalized spacial score (nSPS) is 19.9. The smallest absolute Gasteiger partial charge is 0.271 e. The summed E-state index contributed by atoms with van der Waals surface area (Å²) in [6.07, 6.45) is 3.21. The van der Waals surface area contributed by atoms with Gasteiger partial charge in [-0.25, -0.2) is 18.2 Å². The predicted molar refractivity (Wildman–Crippen MR) is 129 cm³/mol. The van der Waals surface area contributed by atoms with Crippen molar-refractivity contribution in [2.45, 2.75) is 52.1 Å². The van der Waals surface area contributed by atoms with Gasteiger partial charge in [-0.3, -0.25) is 9.20 Å². The lowest BCUT2D eigenvalue weighted by Gasteiger charge is -2.44. The number of fused-ring (bicyclic) bond motifs is 1. The molecule has 1 amide bonds. The molecule has 0 bridgehead atoms. The molecule has 1 saturated heterocycles. The highest BCUT2D eigenvalue weighted by Gasteiger charge is 2.40. The van der Waals surface area contributed by atoms with Gasteiger partial charge in [0.25, 0.3) is 5.91 Å². The summed E-state index contributed by atoms with van der Waals surface area (Å²) in [7, 11) is 1.59. The molecule has 4 rings (SSSR count). The van der Waals surface area contributed by atoms with E-state index in [0.717, 1.165) is 17.8 Å². The van der Waals surface area contributed by atoms with Crippen LogP contribution in [-0.2, 0) is 0 Å². The Bertz CT molecular complexity index is 1320. The molecule has 2 atom stereocenters. The minimum Gasteiger partial charge on any atom is -0.387 e. The second-order valence-electron chi connectivity index (χ2n) is 8.70. The summed E-state index contributed by atoms with van der Waals surface area (Å²) < 4.78 is 43.3. The van der Waals surface area contributed by atoms with Gasteiger partial charge in [0.05, 0.1) is 17.4 Å². The van der Waals surface area contributed by atoms with Gasteiger partial charge in [0.15, 0.2) is 17.5 Å². The molecule has 2 N–H and O–H groups in total. The number of rotatable bonds is 5. The number of aryl methyl sites for hydroxylation is 1. The van der Waals surface area contributed by atoms with Gasteiger partial charge in [-0.15, -0.1) is 0 Å². The largest absolute Gasteiger partial charge is 0.387 e. The number of benzene rings is 1. The second-order valence-corrected chi connectivity index (χ2v) is 8.70. The molecule has 1 aliphatic heterocycles. The van der Waals surface area contributed by atoms with Crippen LogP contribution in [0.3, 0.4) is 0 Å². The van der Waals surface area contributed by atoms with Crippen molar-refractivity contribution < 1.29 is 18.0 Å². The summed E-state index contributed by atoms with van der Waals surface area (Å²) in [6.45, 7) is 5.72. The van der Waals surface area contributed by atoms with E-state index in [-0.39, 0.29) is 23.2 Å². The van der Waals surface area contributed by atoms with Crippen LogP contribution in [0.2, 0.25) is 0 Å². The van der Waals surface area contributed by atoms with Crippen molar-refractivity contribution in [3.8, 4) is 0 Å². The molecule has 3 aromatic rings. The number of nitrogens with one attached hydrogen (secondary N) is 2. The van der Waals surface area contributed by atoms with E-state index in [4.69, 9.17) is 5.41 Å². The van der Waals surface area contributed by atoms with Crippen molar-refractivity contribution in [3.63, 3.8) is 0 Å². The molecule has 0 spiro atoms. The Hall–Kier alpha value is -3.62. The van der Waals surface area contributed by atoms with E-state index in [1.54, 1.807) is 28.5 Å². The maximum atomic E-state index is 14.0. The molecule has 0 aliphatic carbocycles. The van der Waals surface area contributed by atoms with E-state index in [9.17, 15) is 18.0 Å². The molecular formula is C26H28F3N5O. The Labute approximate surface area is 202 Å². The Balaban J connectivity index is 1.80. The van der Waals surface area contributed by atoms with Gasteiger partial charge in [0.2, 0.25) is 0 Å². The molecule has 0 saturated carbocycles. The summed E-state index contributed by atoms with van der Waals surface area (Å²) in [5.74, 6) is -4.34. The Morgan fingerprint density at radius 1 is 1.17 bits per heavy atom. The number of piperidine rings is 1. The number of imidazole rings is 1. The van der Waals surface area contributed by atoms with Crippen molar-refractivity contribution in [2.24, 2.45) is 0 Å². The number of halogens is 3. The maximum Gasteiger partial charge on any atom is 0.271 e. The standard InChI is InChI=1S/C26H28F3N5O/c1-5-16-12-17(25(31-4)15-10-18(27)23(29)19(28)11-15)24(30)20(6-2)34(16)26(35)21-8-7-9-22-32-14(3)13-33(21)22/h7-11,13,16,20,30-31H,5-6,12H2,1-4H3/b25-17-,30-24?/t16-,20+/m0/s1. The lowest BCUT2D eigenvalue weighted by Crippen LogP contribution is -2.55. The van der Waals surface area contributed by atoms with Crippen molar-refractivity contribution >= 4 is 23.0 Å². The summed E-state index contributed by atoms with van der Waals surface area (Å²) in [5, 5.41) is 11.9. The summed E-state index contributed by atoms with van der Waals surface area (Å²) >= 11 is 0. The van der Waals surface area contributed by atoms with Crippen LogP contribution in [-0.4, -0.2) is 45.0 Å². The number of aromatic nitrogens is 2. The molecule has 0 unspecified atom stereocenters. The number of hydrogen-bond acceptors (Lipinski definition) is 4. The summed E-state index contributed by atoms with van der Waals surface area (Å²) in [4.78, 5) is 20.0. The van der Waals surface area contributed by atoms with E-state index in [1.165, 1.54) is 0 Å². The van der Waals surface area contributed by atoms with Crippen LogP contribution >= 0.6 is 0 Å². The average molecular weight is 484 g/mol. The van der Waals surface area contributed by atoms with Crippen molar-refractivity contribution in [2.75, 3.05) is 7.05 Å². The molecule has 1 aliphatic rings. The fourth-order valence-corrected chi connectivity index (χ4v) is 4.93. The molecule has 1 fully saturated rings. The minimum absolute atomic E-state index is 0.117. The molecule has 35 heavy (non-hydrogen) atoms. The van der Waals surface area contributed by atoms with Crippen LogP contribution in [0.4, 0.5) is 13.2 Å². The number of hydrogen-bond donors (Lipinski definition) is 2. The van der Waals surface area contributed by atoms with E-state index in [2.05, 4.69) is 10.3 Å². The lowest BCUT2D eigenvalue weighted by atomic mass is 9.83. The van der Waals surface area contributed by atoms with Crippen molar-refractivity contribution in [3.05, 3.63) is 76.5 Å². The molecule has 3 heterocycles. The highest BCUT2D eigenvalue weighted by Crippen LogP contribution is 2.34. The van der Waals surface area contributed by atoms with E-state index in [0.29, 0.717) is 41.9 Å². The summed E-state index contributed by atoms with van der Waals surface area (Å²) in [5.41, 5.74) is 3.12. The van der Waals surface area contributed by atoms with Gasteiger partial charge < -0.3 is 15.6 Å². The fraction of sp³-hybridized carbons (Fsp3) is 0.346. The number of pyridine rings is 1. The van der Waals surface area contributed by atoms with Gasteiger partial charge in [-0.2, -0.15) is 0 Å². The van der Waals surface area contributed by atoms with Gasteiger partial charge in [-0.05, 0) is 50.5 Å². The quantitative estimate of drug-likeness (QED) is 0.495. The lowest BCUT2D eigenvalue weighted by molar-refractivity contribution is 0.0599. The monoisotopic (exact) mass is 483 g/mol. The molecule has 6 nitrogen and oxygen atoms in total. The third kappa shape index (κ3) is 4.19. The van der Waals surface area contributed by atoms with E-state index >= 15 is 0 Å². The van der Waals surface area contributed by atoms with E-state index in [1.807, 2.05) is 33.0 Å². The highest BCUT2D eigenvalue weighted by molar-refractivity contribution is 6.10. The maximum absolute atomic E-state index is 14.0. The topological polar surface area (TPSA) is 73.5 Å². The molecular weight excluding hydrogens is 455 g/mol. The van der Waals surface area contributed by atoms with Crippen LogP contribution < -0.4 is 5.32 Å². The first-order valence-electron chi connectivity index (χ1n) is 11.6. The first-order valence-corrected chi connectivity index (χ1v) is 11.6. The van der Waals surface area contributed by atoms with Gasteiger partial charge in [-0.1, -0.05) is 19.9 Å². The SMILES string of the molecule is CC[C@H]1C/C(=C(/NC)c2cc(F)c(F)c(F)c2)C(=N)[C@@H](CC)N1C(=O)c1cccc2nc(C)cn12. The number of likely N-dealkylation sites (tertiary alicyclic amines) is 1. The van der Waals surface area contributed by atoms with Crippen LogP contribution in [0.15, 0.2) is 42.1 Å². The number of amides is 1. The number of nitrogens with zero attached hydrogens (tertiary/aromatic N) is 3. The van der Waals surface area contributed by atoms with Gasteiger partial charge in [0.1, 0.15) is 11.3 Å². The first-order chi connectivity index (χ1) is 16.7. The second kappa shape index (κ2) is 9.56. The third-order valence-corrected chi connectivity index (χ3v) is 6.58. The van der Waals surface area contributed by atoms with Crippen LogP contribution in [0.5, 0.6) is 0 Å². The average Bonchev–Trinajstić information content (AvgIpc) is 3.23. The van der Waals surface area contributed by atoms with Crippen molar-refractivity contribution in [1.82, 2.24) is 19.6 Å². The van der Waals surface area contributed by atoms with Crippen LogP contribution in [0.1, 0.15) is 54.9 Å². The Morgan fingerprint density at radius 2 is 1.86 bits per heavy atom. The Morgan fingerprint density at radius 3 is 2.46 bits per heavy atom. The highest BCUT2D eigenvalue weighted by atomic mass is 19.2. The number of carbonyl (C=O) groups is 1. The van der Waals surface area contributed by atoms with Crippen LogP contribution in [0, 0.1) is 29.8 Å². The van der Waals surface area contributed by atoms with Crippen molar-refractivity contribution in [1.29, 1.82) is 5.41 Å².